The van der Waals surface area contributed by atoms with E-state index in [1.165, 1.54) is 47.4 Å². The summed E-state index contributed by atoms with van der Waals surface area (Å²) in [4.78, 5) is 0. The fraction of sp³-hybridized carbons (Fsp3) is 0.474. The van der Waals surface area contributed by atoms with Crippen LogP contribution in [0.25, 0.3) is 10.8 Å². The van der Waals surface area contributed by atoms with Gasteiger partial charge in [0.15, 0.2) is 6.71 Å². The average molecular weight is 266 g/mol. The Hall–Kier alpha value is -1.24. The highest BCUT2D eigenvalue weighted by Gasteiger charge is 2.15. The maximum Gasteiger partial charge on any atom is 0.173 e. The molecular formula is C19H27B. The van der Waals surface area contributed by atoms with Crippen molar-refractivity contribution in [3.63, 3.8) is 0 Å². The van der Waals surface area contributed by atoms with Crippen LogP contribution in [0.2, 0.25) is 13.1 Å². The Kier molecular flexibility index (Phi) is 5.28. The maximum absolute atomic E-state index is 2.38. The average Bonchev–Trinajstić information content (AvgIpc) is 2.46. The molecule has 0 aliphatic rings. The molecular weight excluding hydrogens is 239 g/mol. The van der Waals surface area contributed by atoms with Crippen LogP contribution >= 0.6 is 0 Å². The second-order valence-electron chi connectivity index (χ2n) is 6.17. The van der Waals surface area contributed by atoms with E-state index in [4.69, 9.17) is 0 Å². The number of benzene rings is 2. The molecule has 1 heteroatoms. The summed E-state index contributed by atoms with van der Waals surface area (Å²) >= 11 is 0. The molecule has 0 aromatic heterocycles. The molecule has 106 valence electrons. The van der Waals surface area contributed by atoms with Gasteiger partial charge in [0.1, 0.15) is 0 Å². The topological polar surface area (TPSA) is 0 Å². The van der Waals surface area contributed by atoms with E-state index >= 15 is 0 Å². The maximum atomic E-state index is 2.38. The van der Waals surface area contributed by atoms with Crippen LogP contribution in [-0.4, -0.2) is 6.71 Å². The molecule has 20 heavy (non-hydrogen) atoms. The Morgan fingerprint density at radius 2 is 1.65 bits per heavy atom. The van der Waals surface area contributed by atoms with Gasteiger partial charge < -0.3 is 0 Å². The largest absolute Gasteiger partial charge is 0.173 e. The molecule has 0 spiro atoms. The summed E-state index contributed by atoms with van der Waals surface area (Å²) in [6.45, 7) is 9.92. The van der Waals surface area contributed by atoms with E-state index in [9.17, 15) is 0 Å². The van der Waals surface area contributed by atoms with Gasteiger partial charge >= 0.3 is 0 Å². The second-order valence-corrected chi connectivity index (χ2v) is 6.17. The summed E-state index contributed by atoms with van der Waals surface area (Å²) in [5.41, 5.74) is 3.05. The van der Waals surface area contributed by atoms with Gasteiger partial charge in [0.05, 0.1) is 0 Å². The van der Waals surface area contributed by atoms with Crippen molar-refractivity contribution in [1.29, 1.82) is 0 Å². The highest BCUT2D eigenvalue weighted by Crippen LogP contribution is 2.28. The van der Waals surface area contributed by atoms with Gasteiger partial charge in [-0.1, -0.05) is 88.6 Å². The normalized spacial score (nSPS) is 12.6. The molecule has 2 aromatic carbocycles. The quantitative estimate of drug-likeness (QED) is 0.607. The predicted octanol–water partition coefficient (Wildman–Crippen LogP) is 5.49. The van der Waals surface area contributed by atoms with Crippen molar-refractivity contribution in [1.82, 2.24) is 0 Å². The summed E-state index contributed by atoms with van der Waals surface area (Å²) in [7, 11) is 0. The zero-order chi connectivity index (χ0) is 14.5. The van der Waals surface area contributed by atoms with Crippen molar-refractivity contribution in [2.45, 2.75) is 59.1 Å². The van der Waals surface area contributed by atoms with E-state index in [0.717, 1.165) is 0 Å². The molecule has 0 aliphatic carbocycles. The lowest BCUT2D eigenvalue weighted by Crippen LogP contribution is -2.27. The van der Waals surface area contributed by atoms with Crippen molar-refractivity contribution in [3.8, 4) is 0 Å². The fourth-order valence-electron chi connectivity index (χ4n) is 3.38. The molecule has 1 unspecified atom stereocenters. The Labute approximate surface area is 124 Å². The highest BCUT2D eigenvalue weighted by atomic mass is 14.1. The van der Waals surface area contributed by atoms with Crippen LogP contribution in [0.1, 0.15) is 51.5 Å². The van der Waals surface area contributed by atoms with Gasteiger partial charge in [0, 0.05) is 0 Å². The monoisotopic (exact) mass is 266 g/mol. The molecule has 0 heterocycles. The molecule has 0 bridgehead atoms. The van der Waals surface area contributed by atoms with Gasteiger partial charge in [-0.05, 0) is 28.7 Å². The van der Waals surface area contributed by atoms with Gasteiger partial charge in [-0.15, -0.1) is 0 Å². The molecule has 2 rings (SSSR count). The van der Waals surface area contributed by atoms with Crippen molar-refractivity contribution < 1.29 is 0 Å². The van der Waals surface area contributed by atoms with Crippen LogP contribution in [0.5, 0.6) is 0 Å². The van der Waals surface area contributed by atoms with E-state index in [1.807, 2.05) is 0 Å². The summed E-state index contributed by atoms with van der Waals surface area (Å²) in [6, 6.07) is 13.7. The van der Waals surface area contributed by atoms with E-state index in [1.54, 1.807) is 0 Å². The van der Waals surface area contributed by atoms with Crippen molar-refractivity contribution >= 4 is 22.9 Å². The molecule has 2 aromatic rings. The first-order chi connectivity index (χ1) is 9.69. The number of hydrogen-bond donors (Lipinski definition) is 0. The first-order valence-electron chi connectivity index (χ1n) is 8.20. The van der Waals surface area contributed by atoms with Crippen LogP contribution in [0.3, 0.4) is 0 Å². The minimum absolute atomic E-state index is 0.653. The Morgan fingerprint density at radius 1 is 0.950 bits per heavy atom. The minimum Gasteiger partial charge on any atom is -0.0817 e. The van der Waals surface area contributed by atoms with E-state index in [-0.39, 0.29) is 0 Å². The van der Waals surface area contributed by atoms with Crippen LogP contribution in [0.15, 0.2) is 36.4 Å². The van der Waals surface area contributed by atoms with E-state index < -0.39 is 0 Å². The van der Waals surface area contributed by atoms with Crippen molar-refractivity contribution in [2.75, 3.05) is 0 Å². The van der Waals surface area contributed by atoms with Gasteiger partial charge in [-0.25, -0.2) is 0 Å². The van der Waals surface area contributed by atoms with Crippen LogP contribution in [-0.2, 0) is 0 Å². The third-order valence-corrected chi connectivity index (χ3v) is 4.50. The van der Waals surface area contributed by atoms with Gasteiger partial charge in [0.25, 0.3) is 0 Å². The molecule has 0 aliphatic heterocycles. The summed E-state index contributed by atoms with van der Waals surface area (Å²) in [6.07, 6.45) is 5.05. The Balaban J connectivity index is 2.52. The fourth-order valence-corrected chi connectivity index (χ4v) is 3.38. The Bertz CT molecular complexity index is 508. The zero-order valence-corrected chi connectivity index (χ0v) is 13.4. The molecule has 0 nitrogen and oxygen atoms in total. The van der Waals surface area contributed by atoms with Gasteiger partial charge in [0.2, 0.25) is 0 Å². The van der Waals surface area contributed by atoms with Gasteiger partial charge in [-0.3, -0.25) is 0 Å². The standard InChI is InChI=1S/C19H27B/c1-5-9-15(3)16-12-13-19(20(4)14-6-2)18-11-8-7-10-17(16)18/h7-8,10-13,15H,5-6,9,14H2,1-4H3. The third-order valence-electron chi connectivity index (χ3n) is 4.50. The Morgan fingerprint density at radius 3 is 2.30 bits per heavy atom. The van der Waals surface area contributed by atoms with E-state index in [0.29, 0.717) is 12.6 Å². The SMILES string of the molecule is CCCB(C)c1ccc(C(C)CCC)c2ccccc12. The first-order valence-corrected chi connectivity index (χ1v) is 8.20. The number of fused-ring (bicyclic) bond motifs is 1. The zero-order valence-electron chi connectivity index (χ0n) is 13.4. The first kappa shape index (κ1) is 15.2. The summed E-state index contributed by atoms with van der Waals surface area (Å²) < 4.78 is 0. The lowest BCUT2D eigenvalue weighted by molar-refractivity contribution is 0.669. The minimum atomic E-state index is 0.653. The van der Waals surface area contributed by atoms with Crippen molar-refractivity contribution in [3.05, 3.63) is 42.0 Å². The third kappa shape index (κ3) is 3.08. The lowest BCUT2D eigenvalue weighted by atomic mass is 9.43. The molecule has 1 atom stereocenters. The lowest BCUT2D eigenvalue weighted by Gasteiger charge is -2.18. The molecule has 0 radical (unpaired) electrons. The highest BCUT2D eigenvalue weighted by molar-refractivity contribution is 6.74. The smallest absolute Gasteiger partial charge is 0.0817 e. The summed E-state index contributed by atoms with van der Waals surface area (Å²) in [5, 5.41) is 2.93. The molecule has 0 fully saturated rings. The number of hydrogen-bond acceptors (Lipinski definition) is 0. The summed E-state index contributed by atoms with van der Waals surface area (Å²) in [5.74, 6) is 0.653. The second kappa shape index (κ2) is 6.97. The molecule has 0 N–H and O–H groups in total. The molecule has 0 saturated carbocycles. The van der Waals surface area contributed by atoms with E-state index in [2.05, 4.69) is 64.0 Å². The molecule has 0 amide bonds. The predicted molar refractivity (Wildman–Crippen MR) is 93.6 cm³/mol. The molecule has 0 saturated heterocycles. The van der Waals surface area contributed by atoms with Crippen LogP contribution < -0.4 is 5.46 Å². The van der Waals surface area contributed by atoms with Crippen LogP contribution in [0.4, 0.5) is 0 Å². The van der Waals surface area contributed by atoms with Crippen molar-refractivity contribution in [2.24, 2.45) is 0 Å². The van der Waals surface area contributed by atoms with Crippen LogP contribution in [0, 0.1) is 0 Å². The van der Waals surface area contributed by atoms with Gasteiger partial charge in [-0.2, -0.15) is 0 Å². The number of rotatable bonds is 6.